The molecule has 1 heterocycles. The number of ether oxygens (including phenoxy) is 2. The minimum absolute atomic E-state index is 0.0392. The van der Waals surface area contributed by atoms with E-state index in [1.807, 2.05) is 0 Å². The van der Waals surface area contributed by atoms with Gasteiger partial charge in [0.05, 0.1) is 18.6 Å². The third-order valence-corrected chi connectivity index (χ3v) is 2.14. The van der Waals surface area contributed by atoms with Gasteiger partial charge in [-0.1, -0.05) is 0 Å². The molecule has 1 rings (SSSR count). The Morgan fingerprint density at radius 1 is 1.58 bits per heavy atom. The molecule has 9 heteroatoms. The Hall–Kier alpha value is -2.32. The molecule has 0 fully saturated rings. The second kappa shape index (κ2) is 6.03. The highest BCUT2D eigenvalue weighted by molar-refractivity contribution is 5.90. The highest BCUT2D eigenvalue weighted by Crippen LogP contribution is 2.38. The van der Waals surface area contributed by atoms with Gasteiger partial charge in [-0.25, -0.2) is 18.6 Å². The number of nitro groups is 1. The van der Waals surface area contributed by atoms with Crippen molar-refractivity contribution in [2.24, 2.45) is 0 Å². The molecule has 19 heavy (non-hydrogen) atoms. The second-order valence-corrected chi connectivity index (χ2v) is 3.22. The third-order valence-electron chi connectivity index (χ3n) is 2.14. The molecule has 104 valence electrons. The fourth-order valence-electron chi connectivity index (χ4n) is 1.41. The molecule has 0 radical (unpaired) electrons. The van der Waals surface area contributed by atoms with Gasteiger partial charge in [-0.05, 0) is 6.92 Å². The Kier molecular flexibility index (Phi) is 4.67. The van der Waals surface area contributed by atoms with E-state index in [1.165, 1.54) is 6.92 Å². The topological polar surface area (TPSA) is 91.6 Å². The molecule has 0 saturated carbocycles. The maximum Gasteiger partial charge on any atom is 0.357 e. The minimum atomic E-state index is -3.17. The normalized spacial score (nSPS) is 10.4. The van der Waals surface area contributed by atoms with Crippen LogP contribution in [0.5, 0.6) is 5.75 Å². The fourth-order valence-corrected chi connectivity index (χ4v) is 1.41. The van der Waals surface area contributed by atoms with Crippen LogP contribution in [0, 0.1) is 10.1 Å². The smallest absolute Gasteiger partial charge is 0.357 e. The number of alkyl halides is 2. The van der Waals surface area contributed by atoms with Gasteiger partial charge in [0, 0.05) is 0 Å². The van der Waals surface area contributed by atoms with E-state index in [-0.39, 0.29) is 6.61 Å². The number of halogens is 2. The number of hydrogen-bond donors (Lipinski definition) is 0. The van der Waals surface area contributed by atoms with E-state index in [0.717, 1.165) is 7.11 Å². The largest absolute Gasteiger partial charge is 0.490 e. The van der Waals surface area contributed by atoms with Gasteiger partial charge in [-0.3, -0.25) is 10.1 Å². The fraction of sp³-hybridized carbons (Fsp3) is 0.400. The molecule has 1 aromatic heterocycles. The molecule has 7 nitrogen and oxygen atoms in total. The van der Waals surface area contributed by atoms with Crippen LogP contribution in [0.15, 0.2) is 6.20 Å². The van der Waals surface area contributed by atoms with Crippen LogP contribution in [-0.4, -0.2) is 29.6 Å². The summed E-state index contributed by atoms with van der Waals surface area (Å²) in [7, 11) is 0.989. The molecular formula is C10H10F2N2O5. The van der Waals surface area contributed by atoms with Gasteiger partial charge in [0.2, 0.25) is 5.75 Å². The molecule has 0 spiro atoms. The van der Waals surface area contributed by atoms with E-state index in [9.17, 15) is 23.7 Å². The van der Waals surface area contributed by atoms with Crippen LogP contribution >= 0.6 is 0 Å². The van der Waals surface area contributed by atoms with E-state index in [2.05, 4.69) is 14.5 Å². The zero-order valence-electron chi connectivity index (χ0n) is 10.1. The zero-order chi connectivity index (χ0) is 14.6. The Labute approximate surface area is 106 Å². The number of rotatable bonds is 5. The number of aromatic nitrogens is 1. The van der Waals surface area contributed by atoms with Crippen LogP contribution in [-0.2, 0) is 4.74 Å². The van der Waals surface area contributed by atoms with Crippen molar-refractivity contribution in [3.8, 4) is 5.75 Å². The first-order valence-corrected chi connectivity index (χ1v) is 5.10. The van der Waals surface area contributed by atoms with Gasteiger partial charge in [0.1, 0.15) is 11.8 Å². The number of pyridine rings is 1. The van der Waals surface area contributed by atoms with Gasteiger partial charge < -0.3 is 9.47 Å². The summed E-state index contributed by atoms with van der Waals surface area (Å²) >= 11 is 0. The molecular weight excluding hydrogens is 266 g/mol. The monoisotopic (exact) mass is 276 g/mol. The number of carbonyl (C=O) groups excluding carboxylic acids is 1. The van der Waals surface area contributed by atoms with Gasteiger partial charge >= 0.3 is 11.7 Å². The second-order valence-electron chi connectivity index (χ2n) is 3.22. The summed E-state index contributed by atoms with van der Waals surface area (Å²) in [4.78, 5) is 24.6. The van der Waals surface area contributed by atoms with Gasteiger partial charge in [-0.15, -0.1) is 0 Å². The van der Waals surface area contributed by atoms with E-state index in [4.69, 9.17) is 0 Å². The minimum Gasteiger partial charge on any atom is -0.490 e. The summed E-state index contributed by atoms with van der Waals surface area (Å²) in [6.45, 7) is 1.45. The molecule has 1 aromatic rings. The van der Waals surface area contributed by atoms with Crippen molar-refractivity contribution in [2.45, 2.75) is 13.3 Å². The van der Waals surface area contributed by atoms with Crippen molar-refractivity contribution in [2.75, 3.05) is 13.7 Å². The Morgan fingerprint density at radius 3 is 2.63 bits per heavy atom. The first-order valence-electron chi connectivity index (χ1n) is 5.10. The van der Waals surface area contributed by atoms with E-state index in [0.29, 0.717) is 6.20 Å². The van der Waals surface area contributed by atoms with E-state index >= 15 is 0 Å². The number of carbonyl (C=O) groups is 1. The average Bonchev–Trinajstić information content (AvgIpc) is 2.36. The molecule has 0 N–H and O–H groups in total. The Balaban J connectivity index is 3.50. The Morgan fingerprint density at radius 2 is 2.21 bits per heavy atom. The van der Waals surface area contributed by atoms with Crippen LogP contribution in [0.1, 0.15) is 29.4 Å². The van der Waals surface area contributed by atoms with E-state index in [1.54, 1.807) is 0 Å². The first kappa shape index (κ1) is 14.7. The molecule has 0 amide bonds. The van der Waals surface area contributed by atoms with Gasteiger partial charge in [0.25, 0.3) is 6.43 Å². The summed E-state index contributed by atoms with van der Waals surface area (Å²) in [5, 5.41) is 10.7. The zero-order valence-corrected chi connectivity index (χ0v) is 10.1. The number of hydrogen-bond acceptors (Lipinski definition) is 6. The summed E-state index contributed by atoms with van der Waals surface area (Å²) in [5.41, 5.74) is -2.39. The SMILES string of the molecule is CCOC(=O)c1ncc([N+](=O)[O-])c(OC)c1C(F)F. The molecule has 0 aliphatic heterocycles. The van der Waals surface area contributed by atoms with Crippen LogP contribution in [0.2, 0.25) is 0 Å². The molecule has 0 atom stereocenters. The summed E-state index contributed by atoms with van der Waals surface area (Å²) in [6.07, 6.45) is -2.49. The van der Waals surface area contributed by atoms with Crippen LogP contribution in [0.4, 0.5) is 14.5 Å². The highest BCUT2D eigenvalue weighted by Gasteiger charge is 2.32. The lowest BCUT2D eigenvalue weighted by molar-refractivity contribution is -0.386. The standard InChI is InChI=1S/C10H10F2N2O5/c1-3-19-10(15)7-6(9(11)12)8(18-2)5(4-13-7)14(16)17/h4,9H,3H2,1-2H3. The molecule has 0 saturated heterocycles. The van der Waals surface area contributed by atoms with Crippen molar-refractivity contribution >= 4 is 11.7 Å². The molecule has 0 aromatic carbocycles. The molecule has 0 unspecified atom stereocenters. The molecule has 0 bridgehead atoms. The lowest BCUT2D eigenvalue weighted by Crippen LogP contribution is -2.13. The van der Waals surface area contributed by atoms with Crippen LogP contribution in [0.3, 0.4) is 0 Å². The lowest BCUT2D eigenvalue weighted by Gasteiger charge is -2.11. The molecule has 0 aliphatic carbocycles. The number of esters is 1. The predicted octanol–water partition coefficient (Wildman–Crippen LogP) is 2.11. The van der Waals surface area contributed by atoms with Crippen molar-refractivity contribution < 1.29 is 28.0 Å². The van der Waals surface area contributed by atoms with E-state index < -0.39 is 40.0 Å². The van der Waals surface area contributed by atoms with Gasteiger partial charge in [0.15, 0.2) is 5.69 Å². The summed E-state index contributed by atoms with van der Waals surface area (Å²) in [5.74, 6) is -1.79. The lowest BCUT2D eigenvalue weighted by atomic mass is 10.1. The Bertz CT molecular complexity index is 507. The maximum atomic E-state index is 13.0. The average molecular weight is 276 g/mol. The molecule has 0 aliphatic rings. The first-order chi connectivity index (χ1) is 8.93. The summed E-state index contributed by atoms with van der Waals surface area (Å²) in [6, 6.07) is 0. The van der Waals surface area contributed by atoms with Crippen LogP contribution < -0.4 is 4.74 Å². The number of nitrogens with zero attached hydrogens (tertiary/aromatic N) is 2. The quantitative estimate of drug-likeness (QED) is 0.464. The van der Waals surface area contributed by atoms with Gasteiger partial charge in [-0.2, -0.15) is 0 Å². The predicted molar refractivity (Wildman–Crippen MR) is 58.4 cm³/mol. The summed E-state index contributed by atoms with van der Waals surface area (Å²) < 4.78 is 35.1. The van der Waals surface area contributed by atoms with Crippen molar-refractivity contribution in [1.29, 1.82) is 0 Å². The number of methoxy groups -OCH3 is 1. The van der Waals surface area contributed by atoms with Crippen molar-refractivity contribution in [3.63, 3.8) is 0 Å². The van der Waals surface area contributed by atoms with Crippen molar-refractivity contribution in [1.82, 2.24) is 4.98 Å². The highest BCUT2D eigenvalue weighted by atomic mass is 19.3. The maximum absolute atomic E-state index is 13.0. The van der Waals surface area contributed by atoms with Crippen LogP contribution in [0.25, 0.3) is 0 Å². The third kappa shape index (κ3) is 2.92. The van der Waals surface area contributed by atoms with Crippen molar-refractivity contribution in [3.05, 3.63) is 27.6 Å².